The Bertz CT molecular complexity index is 1200. The highest BCUT2D eigenvalue weighted by Crippen LogP contribution is 2.26. The molecule has 2 amide bonds. The van der Waals surface area contributed by atoms with Crippen molar-refractivity contribution in [2.75, 3.05) is 31.2 Å². The molecule has 1 fully saturated rings. The number of benzene rings is 1. The summed E-state index contributed by atoms with van der Waals surface area (Å²) in [4.78, 5) is 44.4. The second kappa shape index (κ2) is 8.82. The highest BCUT2D eigenvalue weighted by atomic mass is 32.1. The maximum absolute atomic E-state index is 12.6. The van der Waals surface area contributed by atoms with Gasteiger partial charge >= 0.3 is 0 Å². The van der Waals surface area contributed by atoms with Crippen molar-refractivity contribution >= 4 is 39.1 Å². The molecule has 1 aromatic carbocycles. The van der Waals surface area contributed by atoms with Gasteiger partial charge in [-0.2, -0.15) is 5.10 Å². The van der Waals surface area contributed by atoms with Crippen LogP contribution in [0, 0.1) is 13.8 Å². The molecule has 0 radical (unpaired) electrons. The van der Waals surface area contributed by atoms with Crippen molar-refractivity contribution in [3.05, 3.63) is 50.9 Å². The minimum atomic E-state index is -0.562. The fourth-order valence-electron chi connectivity index (χ4n) is 3.35. The van der Waals surface area contributed by atoms with E-state index in [-0.39, 0.29) is 12.1 Å². The Kier molecular flexibility index (Phi) is 5.96. The lowest BCUT2D eigenvalue weighted by molar-refractivity contribution is -0.122. The standard InChI is InChI=1S/C20H22N6O4S/c1-12-14-5-3-4-6-15(14)19(29)26(24-12)11-16(27)22-23-18(28)17-13(2)21-20(31-17)25-7-9-30-10-8-25/h3-6H,7-11H2,1-2H3,(H,22,27)(H,23,28). The number of nitrogens with zero attached hydrogens (tertiary/aromatic N) is 4. The molecule has 0 atom stereocenters. The Hall–Kier alpha value is -3.31. The summed E-state index contributed by atoms with van der Waals surface area (Å²) in [5, 5.41) is 6.19. The third kappa shape index (κ3) is 4.42. The lowest BCUT2D eigenvalue weighted by Crippen LogP contribution is -2.44. The van der Waals surface area contributed by atoms with Gasteiger partial charge in [0.25, 0.3) is 17.4 Å². The highest BCUT2D eigenvalue weighted by Gasteiger charge is 2.21. The van der Waals surface area contributed by atoms with Gasteiger partial charge in [0.15, 0.2) is 5.13 Å². The number of carbonyl (C=O) groups excluding carboxylic acids is 2. The van der Waals surface area contributed by atoms with E-state index >= 15 is 0 Å². The molecule has 1 saturated heterocycles. The number of hydrogen-bond donors (Lipinski definition) is 2. The number of rotatable bonds is 4. The van der Waals surface area contributed by atoms with Gasteiger partial charge < -0.3 is 9.64 Å². The minimum absolute atomic E-state index is 0.314. The quantitative estimate of drug-likeness (QED) is 0.573. The molecule has 2 N–H and O–H groups in total. The van der Waals surface area contributed by atoms with Crippen LogP contribution in [0.3, 0.4) is 0 Å². The normalized spacial score (nSPS) is 13.9. The topological polar surface area (TPSA) is 118 Å². The van der Waals surface area contributed by atoms with Crippen molar-refractivity contribution in [1.82, 2.24) is 25.6 Å². The molecule has 11 heteroatoms. The predicted octanol–water partition coefficient (Wildman–Crippen LogP) is 0.768. The van der Waals surface area contributed by atoms with Crippen LogP contribution in [0.1, 0.15) is 21.1 Å². The van der Waals surface area contributed by atoms with Crippen LogP contribution in [-0.4, -0.2) is 52.9 Å². The third-order valence-corrected chi connectivity index (χ3v) is 6.15. The molecule has 2 aromatic heterocycles. The molecule has 162 valence electrons. The number of fused-ring (bicyclic) bond motifs is 1. The Balaban J connectivity index is 1.41. The van der Waals surface area contributed by atoms with Crippen LogP contribution >= 0.6 is 11.3 Å². The fraction of sp³-hybridized carbons (Fsp3) is 0.350. The summed E-state index contributed by atoms with van der Waals surface area (Å²) >= 11 is 1.26. The maximum Gasteiger partial charge on any atom is 0.281 e. The van der Waals surface area contributed by atoms with Crippen molar-refractivity contribution in [3.63, 3.8) is 0 Å². The second-order valence-corrected chi connectivity index (χ2v) is 8.08. The Labute approximate surface area is 181 Å². The number of anilines is 1. The molecular weight excluding hydrogens is 420 g/mol. The highest BCUT2D eigenvalue weighted by molar-refractivity contribution is 7.17. The summed E-state index contributed by atoms with van der Waals surface area (Å²) in [6.45, 7) is 5.89. The Morgan fingerprint density at radius 2 is 1.81 bits per heavy atom. The number of hydrogen-bond acceptors (Lipinski definition) is 8. The molecule has 3 heterocycles. The van der Waals surface area contributed by atoms with Gasteiger partial charge in [0.05, 0.1) is 30.0 Å². The molecule has 4 rings (SSSR count). The van der Waals surface area contributed by atoms with Crippen LogP contribution in [0.25, 0.3) is 10.8 Å². The van der Waals surface area contributed by atoms with Gasteiger partial charge in [-0.25, -0.2) is 9.67 Å². The van der Waals surface area contributed by atoms with Crippen LogP contribution < -0.4 is 21.3 Å². The van der Waals surface area contributed by atoms with Crippen LogP contribution in [0.4, 0.5) is 5.13 Å². The zero-order valence-corrected chi connectivity index (χ0v) is 18.0. The average Bonchev–Trinajstić information content (AvgIpc) is 3.18. The first kappa shape index (κ1) is 20.9. The van der Waals surface area contributed by atoms with Crippen molar-refractivity contribution in [3.8, 4) is 0 Å². The summed E-state index contributed by atoms with van der Waals surface area (Å²) < 4.78 is 6.43. The number of ether oxygens (including phenoxy) is 1. The van der Waals surface area contributed by atoms with Gasteiger partial charge in [-0.05, 0) is 19.9 Å². The first-order chi connectivity index (χ1) is 14.9. The van der Waals surface area contributed by atoms with Gasteiger partial charge in [-0.15, -0.1) is 0 Å². The molecular formula is C20H22N6O4S. The molecule has 0 unspecified atom stereocenters. The summed E-state index contributed by atoms with van der Waals surface area (Å²) in [5.41, 5.74) is 5.60. The van der Waals surface area contributed by atoms with E-state index in [0.717, 1.165) is 28.3 Å². The summed E-state index contributed by atoms with van der Waals surface area (Å²) in [6, 6.07) is 7.10. The number of aromatic nitrogens is 3. The molecule has 1 aliphatic rings. The first-order valence-corrected chi connectivity index (χ1v) is 10.6. The van der Waals surface area contributed by atoms with E-state index in [1.807, 2.05) is 12.1 Å². The number of carbonyl (C=O) groups is 2. The molecule has 0 spiro atoms. The van der Waals surface area contributed by atoms with Crippen LogP contribution in [-0.2, 0) is 16.1 Å². The second-order valence-electron chi connectivity index (χ2n) is 7.11. The number of nitrogens with one attached hydrogen (secondary N) is 2. The monoisotopic (exact) mass is 442 g/mol. The summed E-state index contributed by atoms with van der Waals surface area (Å²) in [5.74, 6) is -1.02. The van der Waals surface area contributed by atoms with Crippen molar-refractivity contribution < 1.29 is 14.3 Å². The van der Waals surface area contributed by atoms with Gasteiger partial charge in [-0.3, -0.25) is 25.2 Å². The number of aryl methyl sites for hydroxylation is 2. The van der Waals surface area contributed by atoms with Gasteiger partial charge in [0, 0.05) is 18.5 Å². The fourth-order valence-corrected chi connectivity index (χ4v) is 4.37. The van der Waals surface area contributed by atoms with E-state index in [0.29, 0.717) is 34.9 Å². The van der Waals surface area contributed by atoms with E-state index in [1.165, 1.54) is 11.3 Å². The molecule has 1 aliphatic heterocycles. The lowest BCUT2D eigenvalue weighted by atomic mass is 10.1. The minimum Gasteiger partial charge on any atom is -0.378 e. The summed E-state index contributed by atoms with van der Waals surface area (Å²) in [6.07, 6.45) is 0. The van der Waals surface area contributed by atoms with Crippen molar-refractivity contribution in [2.24, 2.45) is 0 Å². The SMILES string of the molecule is Cc1nc(N2CCOCC2)sc1C(=O)NNC(=O)Cn1nc(C)c2ccccc2c1=O. The Morgan fingerprint density at radius 1 is 1.10 bits per heavy atom. The largest absolute Gasteiger partial charge is 0.378 e. The van der Waals surface area contributed by atoms with Gasteiger partial charge in [-0.1, -0.05) is 29.5 Å². The third-order valence-electron chi connectivity index (χ3n) is 4.93. The van der Waals surface area contributed by atoms with E-state index < -0.39 is 11.8 Å². The maximum atomic E-state index is 12.6. The van der Waals surface area contributed by atoms with Gasteiger partial charge in [0.2, 0.25) is 0 Å². The number of hydrazine groups is 1. The van der Waals surface area contributed by atoms with E-state index in [2.05, 4.69) is 25.8 Å². The summed E-state index contributed by atoms with van der Waals surface area (Å²) in [7, 11) is 0. The number of morpholine rings is 1. The van der Waals surface area contributed by atoms with E-state index in [4.69, 9.17) is 4.74 Å². The zero-order valence-electron chi connectivity index (χ0n) is 17.2. The van der Waals surface area contributed by atoms with Crippen molar-refractivity contribution in [2.45, 2.75) is 20.4 Å². The Morgan fingerprint density at radius 3 is 2.55 bits per heavy atom. The number of thiazole rings is 1. The molecule has 3 aromatic rings. The molecule has 0 aliphatic carbocycles. The van der Waals surface area contributed by atoms with E-state index in [1.54, 1.807) is 26.0 Å². The van der Waals surface area contributed by atoms with Gasteiger partial charge in [0.1, 0.15) is 11.4 Å². The first-order valence-electron chi connectivity index (χ1n) is 9.80. The molecule has 0 saturated carbocycles. The molecule has 31 heavy (non-hydrogen) atoms. The lowest BCUT2D eigenvalue weighted by Gasteiger charge is -2.25. The number of amides is 2. The van der Waals surface area contributed by atoms with Crippen LogP contribution in [0.5, 0.6) is 0 Å². The van der Waals surface area contributed by atoms with Crippen LogP contribution in [0.15, 0.2) is 29.1 Å². The van der Waals surface area contributed by atoms with E-state index in [9.17, 15) is 14.4 Å². The molecule has 10 nitrogen and oxygen atoms in total. The molecule has 0 bridgehead atoms. The van der Waals surface area contributed by atoms with Crippen LogP contribution in [0.2, 0.25) is 0 Å². The predicted molar refractivity (Wildman–Crippen MR) is 116 cm³/mol. The smallest absolute Gasteiger partial charge is 0.281 e. The average molecular weight is 443 g/mol. The van der Waals surface area contributed by atoms with Crippen molar-refractivity contribution in [1.29, 1.82) is 0 Å². The zero-order chi connectivity index (χ0) is 22.0.